The first kappa shape index (κ1) is 27.4. The van der Waals surface area contributed by atoms with Gasteiger partial charge in [0.05, 0.1) is 30.8 Å². The number of aliphatic hydroxyl groups is 2. The van der Waals surface area contributed by atoms with E-state index < -0.39 is 24.6 Å². The second-order valence-corrected chi connectivity index (χ2v) is 9.03. The van der Waals surface area contributed by atoms with Gasteiger partial charge in [-0.25, -0.2) is 0 Å². The van der Waals surface area contributed by atoms with E-state index in [0.717, 1.165) is 33.3 Å². The number of rotatable bonds is 13. The average Bonchev–Trinajstić information content (AvgIpc) is 3.13. The summed E-state index contributed by atoms with van der Waals surface area (Å²) in [5.41, 5.74) is 4.19. The van der Waals surface area contributed by atoms with Crippen molar-refractivity contribution in [3.63, 3.8) is 0 Å². The lowest BCUT2D eigenvalue weighted by Crippen LogP contribution is -2.27. The SMILES string of the molecule is CCc1c(-c2ccc3ccccc3c2)c(C(=O)NCCOC)c(C)n1CC[C@@H](O)C[C@@H](O)CC(=O)O. The number of carbonyl (C=O) groups excluding carboxylic acids is 1. The molecule has 36 heavy (non-hydrogen) atoms. The molecule has 4 N–H and O–H groups in total. The highest BCUT2D eigenvalue weighted by molar-refractivity contribution is 6.04. The number of ether oxygens (including phenoxy) is 1. The van der Waals surface area contributed by atoms with E-state index in [9.17, 15) is 19.8 Å². The first-order valence-electron chi connectivity index (χ1n) is 12.3. The fourth-order valence-electron chi connectivity index (χ4n) is 4.75. The molecule has 0 fully saturated rings. The molecule has 2 aromatic carbocycles. The first-order valence-corrected chi connectivity index (χ1v) is 12.3. The van der Waals surface area contributed by atoms with Crippen LogP contribution in [-0.2, 0) is 22.5 Å². The largest absolute Gasteiger partial charge is 0.481 e. The smallest absolute Gasteiger partial charge is 0.305 e. The van der Waals surface area contributed by atoms with Crippen molar-refractivity contribution in [2.75, 3.05) is 20.3 Å². The highest BCUT2D eigenvalue weighted by Gasteiger charge is 2.26. The van der Waals surface area contributed by atoms with Crippen molar-refractivity contribution in [3.05, 3.63) is 59.4 Å². The number of carboxylic acid groups (broad SMARTS) is 1. The van der Waals surface area contributed by atoms with Gasteiger partial charge < -0.3 is 29.9 Å². The highest BCUT2D eigenvalue weighted by atomic mass is 16.5. The average molecular weight is 497 g/mol. The molecule has 1 aromatic heterocycles. The van der Waals surface area contributed by atoms with Crippen LogP contribution in [0.3, 0.4) is 0 Å². The monoisotopic (exact) mass is 496 g/mol. The van der Waals surface area contributed by atoms with Crippen LogP contribution in [0.15, 0.2) is 42.5 Å². The Labute approximate surface area is 211 Å². The lowest BCUT2D eigenvalue weighted by Gasteiger charge is -2.17. The molecule has 3 rings (SSSR count). The maximum Gasteiger partial charge on any atom is 0.305 e. The number of aliphatic hydroxyl groups excluding tert-OH is 2. The fourth-order valence-corrected chi connectivity index (χ4v) is 4.75. The second-order valence-electron chi connectivity index (χ2n) is 9.03. The van der Waals surface area contributed by atoms with Gasteiger partial charge in [0.15, 0.2) is 0 Å². The third kappa shape index (κ3) is 6.51. The molecule has 8 nitrogen and oxygen atoms in total. The molecular formula is C28H36N2O6. The Morgan fingerprint density at radius 3 is 2.47 bits per heavy atom. The number of benzene rings is 2. The summed E-state index contributed by atoms with van der Waals surface area (Å²) < 4.78 is 7.15. The number of nitrogens with one attached hydrogen (secondary N) is 1. The number of carboxylic acids is 1. The standard InChI is InChI=1S/C28H36N2O6/c1-4-24-27(21-10-9-19-7-5-6-8-20(19)15-21)26(28(35)29-12-14-36-3)18(2)30(24)13-11-22(31)16-23(32)17-25(33)34/h5-10,15,22-23,31-32H,4,11-14,16-17H2,1-3H3,(H,29,35)(H,33,34)/t22-,23-/m1/s1. The number of aromatic nitrogens is 1. The normalized spacial score (nSPS) is 13.0. The Bertz CT molecular complexity index is 1200. The van der Waals surface area contributed by atoms with Gasteiger partial charge in [0.25, 0.3) is 5.91 Å². The highest BCUT2D eigenvalue weighted by Crippen LogP contribution is 2.35. The molecule has 0 saturated heterocycles. The maximum atomic E-state index is 13.3. The maximum absolute atomic E-state index is 13.3. The van der Waals surface area contributed by atoms with Gasteiger partial charge in [0.1, 0.15) is 0 Å². The van der Waals surface area contributed by atoms with Gasteiger partial charge in [-0.05, 0) is 48.6 Å². The first-order chi connectivity index (χ1) is 17.3. The molecule has 2 atom stereocenters. The lowest BCUT2D eigenvalue weighted by molar-refractivity contribution is -0.139. The molecule has 0 aliphatic carbocycles. The Kier molecular flexibility index (Phi) is 9.64. The predicted molar refractivity (Wildman–Crippen MR) is 139 cm³/mol. The topological polar surface area (TPSA) is 121 Å². The fraction of sp³-hybridized carbons (Fsp3) is 0.429. The Balaban J connectivity index is 1.99. The number of hydrogen-bond donors (Lipinski definition) is 4. The van der Waals surface area contributed by atoms with Crippen molar-refractivity contribution in [2.24, 2.45) is 0 Å². The van der Waals surface area contributed by atoms with Gasteiger partial charge in [-0.15, -0.1) is 0 Å². The Morgan fingerprint density at radius 2 is 1.81 bits per heavy atom. The molecule has 0 aliphatic heterocycles. The van der Waals surface area contributed by atoms with Crippen LogP contribution in [0.2, 0.25) is 0 Å². The molecule has 1 heterocycles. The zero-order chi connectivity index (χ0) is 26.2. The summed E-state index contributed by atoms with van der Waals surface area (Å²) >= 11 is 0. The minimum Gasteiger partial charge on any atom is -0.481 e. The molecule has 194 valence electrons. The summed E-state index contributed by atoms with van der Waals surface area (Å²) in [4.78, 5) is 24.2. The van der Waals surface area contributed by atoms with Crippen molar-refractivity contribution in [1.29, 1.82) is 0 Å². The molecular weight excluding hydrogens is 460 g/mol. The van der Waals surface area contributed by atoms with Gasteiger partial charge in [-0.1, -0.05) is 43.3 Å². The summed E-state index contributed by atoms with van der Waals surface area (Å²) in [6.45, 7) is 5.17. The predicted octanol–water partition coefficient (Wildman–Crippen LogP) is 3.53. The van der Waals surface area contributed by atoms with Crippen molar-refractivity contribution in [1.82, 2.24) is 9.88 Å². The molecule has 0 aliphatic rings. The third-order valence-corrected chi connectivity index (χ3v) is 6.46. The van der Waals surface area contributed by atoms with Crippen LogP contribution in [0.4, 0.5) is 0 Å². The van der Waals surface area contributed by atoms with Gasteiger partial charge >= 0.3 is 5.97 Å². The van der Waals surface area contributed by atoms with Crippen molar-refractivity contribution < 1.29 is 29.6 Å². The minimum absolute atomic E-state index is 0.0179. The number of nitrogens with zero attached hydrogens (tertiary/aromatic N) is 1. The van der Waals surface area contributed by atoms with Crippen LogP contribution in [0, 0.1) is 6.92 Å². The van der Waals surface area contributed by atoms with Crippen molar-refractivity contribution >= 4 is 22.6 Å². The van der Waals surface area contributed by atoms with Gasteiger partial charge in [-0.2, -0.15) is 0 Å². The number of amides is 1. The summed E-state index contributed by atoms with van der Waals surface area (Å²) in [5.74, 6) is -1.29. The van der Waals surface area contributed by atoms with E-state index in [-0.39, 0.29) is 12.3 Å². The molecule has 0 unspecified atom stereocenters. The van der Waals surface area contributed by atoms with E-state index in [0.29, 0.717) is 38.1 Å². The lowest BCUT2D eigenvalue weighted by atomic mass is 9.96. The summed E-state index contributed by atoms with van der Waals surface area (Å²) in [5, 5.41) is 34.3. The van der Waals surface area contributed by atoms with Crippen molar-refractivity contribution in [2.45, 2.75) is 58.3 Å². The summed E-state index contributed by atoms with van der Waals surface area (Å²) in [6.07, 6.45) is -1.40. The van der Waals surface area contributed by atoms with Crippen LogP contribution in [0.1, 0.15) is 47.9 Å². The zero-order valence-electron chi connectivity index (χ0n) is 21.2. The van der Waals surface area contributed by atoms with E-state index in [4.69, 9.17) is 9.84 Å². The van der Waals surface area contributed by atoms with E-state index in [1.807, 2.05) is 38.1 Å². The minimum atomic E-state index is -1.11. The number of fused-ring (bicyclic) bond motifs is 1. The Morgan fingerprint density at radius 1 is 1.08 bits per heavy atom. The van der Waals surface area contributed by atoms with Crippen molar-refractivity contribution in [3.8, 4) is 11.1 Å². The van der Waals surface area contributed by atoms with E-state index in [1.54, 1.807) is 7.11 Å². The molecule has 1 amide bonds. The number of aliphatic carboxylic acids is 1. The van der Waals surface area contributed by atoms with Crippen LogP contribution < -0.4 is 5.32 Å². The van der Waals surface area contributed by atoms with Gasteiger partial charge in [-0.3, -0.25) is 9.59 Å². The molecule has 0 spiro atoms. The van der Waals surface area contributed by atoms with Crippen LogP contribution in [0.25, 0.3) is 21.9 Å². The quantitative estimate of drug-likeness (QED) is 0.269. The van der Waals surface area contributed by atoms with Crippen LogP contribution in [0.5, 0.6) is 0 Å². The van der Waals surface area contributed by atoms with E-state index in [1.165, 1.54) is 0 Å². The number of carbonyl (C=O) groups is 2. The molecule has 0 bridgehead atoms. The summed E-state index contributed by atoms with van der Waals surface area (Å²) in [7, 11) is 1.59. The number of hydrogen-bond acceptors (Lipinski definition) is 5. The molecule has 0 saturated carbocycles. The number of methoxy groups -OCH3 is 1. The zero-order valence-corrected chi connectivity index (χ0v) is 21.2. The van der Waals surface area contributed by atoms with Crippen LogP contribution >= 0.6 is 0 Å². The molecule has 3 aromatic rings. The molecule has 8 heteroatoms. The van der Waals surface area contributed by atoms with E-state index in [2.05, 4.69) is 28.1 Å². The third-order valence-electron chi connectivity index (χ3n) is 6.46. The molecule has 0 radical (unpaired) electrons. The van der Waals surface area contributed by atoms with E-state index >= 15 is 0 Å². The van der Waals surface area contributed by atoms with Gasteiger partial charge in [0.2, 0.25) is 0 Å². The Hall–Kier alpha value is -3.20. The summed E-state index contributed by atoms with van der Waals surface area (Å²) in [6, 6.07) is 14.3. The second kappa shape index (κ2) is 12.7. The van der Waals surface area contributed by atoms with Crippen LogP contribution in [-0.4, -0.2) is 64.2 Å². The van der Waals surface area contributed by atoms with Gasteiger partial charge in [0, 0.05) is 37.2 Å².